The molecule has 4 heteroatoms. The number of nitrogens with one attached hydrogen (secondary N) is 1. The Hall–Kier alpha value is -2.10. The Balaban J connectivity index is 2.16. The van der Waals surface area contributed by atoms with Gasteiger partial charge in [-0.05, 0) is 19.1 Å². The minimum Gasteiger partial charge on any atom is -0.352 e. The second-order valence-corrected chi connectivity index (χ2v) is 4.31. The van der Waals surface area contributed by atoms with Gasteiger partial charge in [-0.15, -0.1) is 10.2 Å². The van der Waals surface area contributed by atoms with Crippen LogP contribution in [0, 0.1) is 0 Å². The number of benzene rings is 1. The molecule has 1 N–H and O–H groups in total. The van der Waals surface area contributed by atoms with Crippen molar-refractivity contribution in [3.8, 4) is 11.5 Å². The van der Waals surface area contributed by atoms with Crippen LogP contribution in [0.2, 0.25) is 0 Å². The summed E-state index contributed by atoms with van der Waals surface area (Å²) in [7, 11) is 0. The van der Waals surface area contributed by atoms with Crippen molar-refractivity contribution in [1.29, 1.82) is 0 Å². The van der Waals surface area contributed by atoms with Crippen LogP contribution >= 0.6 is 0 Å². The largest absolute Gasteiger partial charge is 0.352 e. The summed E-state index contributed by atoms with van der Waals surface area (Å²) in [4.78, 5) is 3.40. The van der Waals surface area contributed by atoms with Gasteiger partial charge in [-0.25, -0.2) is 0 Å². The fourth-order valence-corrected chi connectivity index (χ4v) is 2.32. The van der Waals surface area contributed by atoms with Crippen LogP contribution in [0.5, 0.6) is 0 Å². The molecule has 4 nitrogen and oxygen atoms in total. The first-order valence-corrected chi connectivity index (χ1v) is 6.33. The highest BCUT2D eigenvalue weighted by molar-refractivity contribution is 5.84. The van der Waals surface area contributed by atoms with Gasteiger partial charge in [0.05, 0.1) is 5.69 Å². The molecule has 0 aliphatic heterocycles. The van der Waals surface area contributed by atoms with E-state index < -0.39 is 0 Å². The second kappa shape index (κ2) is 4.29. The first kappa shape index (κ1) is 11.0. The van der Waals surface area contributed by atoms with E-state index in [1.807, 2.05) is 12.1 Å². The SMILES string of the molecule is CCc1nnc(-c2cc3ccccc3[nH]2)n1CC. The summed E-state index contributed by atoms with van der Waals surface area (Å²) < 4.78 is 2.16. The Labute approximate surface area is 106 Å². The van der Waals surface area contributed by atoms with E-state index in [-0.39, 0.29) is 0 Å². The molecule has 0 amide bonds. The zero-order valence-electron chi connectivity index (χ0n) is 10.6. The van der Waals surface area contributed by atoms with Gasteiger partial charge in [0.15, 0.2) is 5.82 Å². The lowest BCUT2D eigenvalue weighted by molar-refractivity contribution is 0.710. The normalized spacial score (nSPS) is 11.2. The van der Waals surface area contributed by atoms with Crippen molar-refractivity contribution < 1.29 is 0 Å². The van der Waals surface area contributed by atoms with Crippen molar-refractivity contribution >= 4 is 10.9 Å². The molecule has 0 saturated heterocycles. The first-order valence-electron chi connectivity index (χ1n) is 6.33. The monoisotopic (exact) mass is 240 g/mol. The Kier molecular flexibility index (Phi) is 2.63. The predicted molar refractivity (Wildman–Crippen MR) is 72.4 cm³/mol. The van der Waals surface area contributed by atoms with Crippen molar-refractivity contribution in [1.82, 2.24) is 19.7 Å². The third-order valence-corrected chi connectivity index (χ3v) is 3.23. The molecule has 0 unspecified atom stereocenters. The zero-order chi connectivity index (χ0) is 12.5. The summed E-state index contributed by atoms with van der Waals surface area (Å²) in [5, 5.41) is 9.75. The number of rotatable bonds is 3. The first-order chi connectivity index (χ1) is 8.83. The third-order valence-electron chi connectivity index (χ3n) is 3.23. The van der Waals surface area contributed by atoms with Gasteiger partial charge in [-0.2, -0.15) is 0 Å². The van der Waals surface area contributed by atoms with E-state index >= 15 is 0 Å². The number of para-hydroxylation sites is 1. The number of aromatic nitrogens is 4. The molecule has 3 aromatic rings. The Morgan fingerprint density at radius 3 is 2.72 bits per heavy atom. The number of hydrogen-bond donors (Lipinski definition) is 1. The van der Waals surface area contributed by atoms with Crippen LogP contribution in [-0.4, -0.2) is 19.7 Å². The second-order valence-electron chi connectivity index (χ2n) is 4.31. The molecule has 0 aliphatic rings. The van der Waals surface area contributed by atoms with Crippen LogP contribution in [-0.2, 0) is 13.0 Å². The fraction of sp³-hybridized carbons (Fsp3) is 0.286. The third kappa shape index (κ3) is 1.61. The maximum atomic E-state index is 4.31. The predicted octanol–water partition coefficient (Wildman–Crippen LogP) is 3.01. The molecule has 92 valence electrons. The van der Waals surface area contributed by atoms with E-state index in [0.717, 1.165) is 35.8 Å². The van der Waals surface area contributed by atoms with Crippen LogP contribution in [0.3, 0.4) is 0 Å². The molecule has 0 radical (unpaired) electrons. The zero-order valence-corrected chi connectivity index (χ0v) is 10.6. The smallest absolute Gasteiger partial charge is 0.180 e. The minimum absolute atomic E-state index is 0.890. The number of aromatic amines is 1. The summed E-state index contributed by atoms with van der Waals surface area (Å²) in [6, 6.07) is 10.4. The summed E-state index contributed by atoms with van der Waals surface area (Å²) in [6.45, 7) is 5.11. The summed E-state index contributed by atoms with van der Waals surface area (Å²) in [5.74, 6) is 1.96. The highest BCUT2D eigenvalue weighted by Crippen LogP contribution is 2.23. The van der Waals surface area contributed by atoms with E-state index in [1.54, 1.807) is 0 Å². The molecule has 0 atom stereocenters. The van der Waals surface area contributed by atoms with Crippen LogP contribution in [0.1, 0.15) is 19.7 Å². The van der Waals surface area contributed by atoms with Gasteiger partial charge in [0.1, 0.15) is 5.82 Å². The van der Waals surface area contributed by atoms with E-state index in [9.17, 15) is 0 Å². The van der Waals surface area contributed by atoms with Crippen molar-refractivity contribution in [3.63, 3.8) is 0 Å². The molecular weight excluding hydrogens is 224 g/mol. The van der Waals surface area contributed by atoms with Crippen molar-refractivity contribution in [3.05, 3.63) is 36.2 Å². The Morgan fingerprint density at radius 2 is 2.00 bits per heavy atom. The molecule has 2 heterocycles. The summed E-state index contributed by atoms with van der Waals surface area (Å²) >= 11 is 0. The van der Waals surface area contributed by atoms with Gasteiger partial charge < -0.3 is 9.55 Å². The Morgan fingerprint density at radius 1 is 1.17 bits per heavy atom. The minimum atomic E-state index is 0.890. The average Bonchev–Trinajstić information content (AvgIpc) is 3.00. The molecule has 0 fully saturated rings. The molecule has 1 aromatic carbocycles. The summed E-state index contributed by atoms with van der Waals surface area (Å²) in [6.07, 6.45) is 0.904. The fourth-order valence-electron chi connectivity index (χ4n) is 2.32. The summed E-state index contributed by atoms with van der Waals surface area (Å²) in [5.41, 5.74) is 2.17. The Bertz CT molecular complexity index is 645. The molecule has 18 heavy (non-hydrogen) atoms. The number of H-pyrrole nitrogens is 1. The maximum Gasteiger partial charge on any atom is 0.180 e. The lowest BCUT2D eigenvalue weighted by atomic mass is 10.2. The molecule has 0 bridgehead atoms. The van der Waals surface area contributed by atoms with Crippen LogP contribution in [0.4, 0.5) is 0 Å². The van der Waals surface area contributed by atoms with Gasteiger partial charge in [0.25, 0.3) is 0 Å². The lowest BCUT2D eigenvalue weighted by Crippen LogP contribution is -2.02. The quantitative estimate of drug-likeness (QED) is 0.765. The van der Waals surface area contributed by atoms with E-state index in [1.165, 1.54) is 5.39 Å². The van der Waals surface area contributed by atoms with Crippen molar-refractivity contribution in [2.75, 3.05) is 0 Å². The van der Waals surface area contributed by atoms with Crippen LogP contribution in [0.25, 0.3) is 22.4 Å². The van der Waals surface area contributed by atoms with Gasteiger partial charge >= 0.3 is 0 Å². The molecule has 0 aliphatic carbocycles. The topological polar surface area (TPSA) is 46.5 Å². The van der Waals surface area contributed by atoms with Crippen molar-refractivity contribution in [2.24, 2.45) is 0 Å². The highest BCUT2D eigenvalue weighted by atomic mass is 15.3. The van der Waals surface area contributed by atoms with Crippen molar-refractivity contribution in [2.45, 2.75) is 26.8 Å². The number of hydrogen-bond acceptors (Lipinski definition) is 2. The number of aryl methyl sites for hydroxylation is 1. The number of fused-ring (bicyclic) bond motifs is 1. The molecule has 0 spiro atoms. The molecule has 2 aromatic heterocycles. The van der Waals surface area contributed by atoms with Crippen LogP contribution < -0.4 is 0 Å². The van der Waals surface area contributed by atoms with E-state index in [2.05, 4.69) is 51.8 Å². The molecular formula is C14H16N4. The molecule has 0 saturated carbocycles. The number of nitrogens with zero attached hydrogens (tertiary/aromatic N) is 3. The highest BCUT2D eigenvalue weighted by Gasteiger charge is 2.13. The van der Waals surface area contributed by atoms with E-state index in [0.29, 0.717) is 0 Å². The van der Waals surface area contributed by atoms with Crippen LogP contribution in [0.15, 0.2) is 30.3 Å². The lowest BCUT2D eigenvalue weighted by Gasteiger charge is -2.04. The van der Waals surface area contributed by atoms with Gasteiger partial charge in [0, 0.05) is 23.9 Å². The van der Waals surface area contributed by atoms with Gasteiger partial charge in [0.2, 0.25) is 0 Å². The van der Waals surface area contributed by atoms with Gasteiger partial charge in [-0.1, -0.05) is 25.1 Å². The van der Waals surface area contributed by atoms with E-state index in [4.69, 9.17) is 0 Å². The standard InChI is InChI=1S/C14H16N4/c1-3-13-16-17-14(18(13)4-2)12-9-10-7-5-6-8-11(10)15-12/h5-9,15H,3-4H2,1-2H3. The molecule has 3 rings (SSSR count). The average molecular weight is 240 g/mol. The van der Waals surface area contributed by atoms with Gasteiger partial charge in [-0.3, -0.25) is 0 Å². The maximum absolute atomic E-state index is 4.31.